The number of hydrogen-bond acceptors (Lipinski definition) is 7. The van der Waals surface area contributed by atoms with Crippen LogP contribution in [0.1, 0.15) is 62.1 Å². The number of amides is 3. The highest BCUT2D eigenvalue weighted by Crippen LogP contribution is 2.29. The number of cyclic esters (lactones) is 1. The van der Waals surface area contributed by atoms with E-state index in [-0.39, 0.29) is 50.9 Å². The minimum atomic E-state index is -1.01. The summed E-state index contributed by atoms with van der Waals surface area (Å²) in [5.41, 5.74) is 0.901. The summed E-state index contributed by atoms with van der Waals surface area (Å²) in [5, 5.41) is 18.4. The fraction of sp³-hybridized carbons (Fsp3) is 0.438. The van der Waals surface area contributed by atoms with Crippen LogP contribution in [0.2, 0.25) is 0 Å². The van der Waals surface area contributed by atoms with Crippen molar-refractivity contribution in [1.82, 2.24) is 16.0 Å². The summed E-state index contributed by atoms with van der Waals surface area (Å²) in [6.07, 6.45) is 6.22. The van der Waals surface area contributed by atoms with Gasteiger partial charge in [-0.05, 0) is 36.8 Å². The summed E-state index contributed by atoms with van der Waals surface area (Å²) in [5.74, 6) is -1.99. The molecular formula is C32H39N3O7. The first-order chi connectivity index (χ1) is 20.4. The van der Waals surface area contributed by atoms with Crippen LogP contribution in [-0.4, -0.2) is 53.8 Å². The third kappa shape index (κ3) is 8.91. The summed E-state index contributed by atoms with van der Waals surface area (Å²) in [7, 11) is 0. The zero-order valence-corrected chi connectivity index (χ0v) is 23.6. The molecule has 1 saturated carbocycles. The van der Waals surface area contributed by atoms with Crippen LogP contribution in [0, 0.1) is 5.92 Å². The molecule has 0 unspecified atom stereocenters. The largest absolute Gasteiger partial charge is 0.462 e. The van der Waals surface area contributed by atoms with Crippen LogP contribution in [0.25, 0.3) is 0 Å². The molecule has 10 heteroatoms. The molecule has 0 aromatic heterocycles. The summed E-state index contributed by atoms with van der Waals surface area (Å²) in [6.45, 7) is -0.255. The lowest BCUT2D eigenvalue weighted by molar-refractivity contribution is -0.147. The SMILES string of the molecule is O=C(C[C@H]1CC=CC[C@@H](NC(=O)OCc2ccccc2)C(=O)OC[C@@H](c2ccccc2)NC1=O)NC1(CO)CCCC1. The van der Waals surface area contributed by atoms with Gasteiger partial charge in [-0.25, -0.2) is 9.59 Å². The molecule has 2 aliphatic rings. The molecule has 1 heterocycles. The van der Waals surface area contributed by atoms with Crippen molar-refractivity contribution in [3.8, 4) is 0 Å². The first kappa shape index (κ1) is 30.8. The number of ether oxygens (including phenoxy) is 2. The van der Waals surface area contributed by atoms with Gasteiger partial charge in [0, 0.05) is 6.42 Å². The molecule has 0 saturated heterocycles. The van der Waals surface area contributed by atoms with Crippen molar-refractivity contribution in [2.75, 3.05) is 13.2 Å². The van der Waals surface area contributed by atoms with Crippen molar-refractivity contribution in [1.29, 1.82) is 0 Å². The van der Waals surface area contributed by atoms with E-state index in [2.05, 4.69) is 16.0 Å². The smallest absolute Gasteiger partial charge is 0.408 e. The number of esters is 1. The van der Waals surface area contributed by atoms with Crippen molar-refractivity contribution in [3.63, 3.8) is 0 Å². The fourth-order valence-electron chi connectivity index (χ4n) is 5.30. The number of alkyl carbamates (subject to hydrolysis) is 1. The number of carbonyl (C=O) groups excluding carboxylic acids is 4. The van der Waals surface area contributed by atoms with E-state index in [0.29, 0.717) is 12.8 Å². The number of hydrogen-bond donors (Lipinski definition) is 4. The summed E-state index contributed by atoms with van der Waals surface area (Å²) >= 11 is 0. The quantitative estimate of drug-likeness (QED) is 0.278. The summed E-state index contributed by atoms with van der Waals surface area (Å²) in [6, 6.07) is 16.6. The molecule has 2 aromatic carbocycles. The molecule has 224 valence electrons. The highest BCUT2D eigenvalue weighted by atomic mass is 16.6. The van der Waals surface area contributed by atoms with Crippen molar-refractivity contribution in [2.24, 2.45) is 5.92 Å². The Labute approximate surface area is 245 Å². The Morgan fingerprint density at radius 3 is 2.33 bits per heavy atom. The molecule has 0 bridgehead atoms. The lowest BCUT2D eigenvalue weighted by atomic mass is 9.94. The molecular weight excluding hydrogens is 538 g/mol. The van der Waals surface area contributed by atoms with Crippen molar-refractivity contribution >= 4 is 23.9 Å². The van der Waals surface area contributed by atoms with Crippen LogP contribution in [0.15, 0.2) is 72.8 Å². The van der Waals surface area contributed by atoms with Gasteiger partial charge in [0.25, 0.3) is 0 Å². The predicted octanol–water partition coefficient (Wildman–Crippen LogP) is 3.46. The van der Waals surface area contributed by atoms with Crippen molar-refractivity contribution in [2.45, 2.75) is 69.2 Å². The molecule has 0 spiro atoms. The lowest BCUT2D eigenvalue weighted by Crippen LogP contribution is -2.50. The zero-order valence-electron chi connectivity index (χ0n) is 23.6. The molecule has 1 fully saturated rings. The molecule has 1 aliphatic heterocycles. The molecule has 42 heavy (non-hydrogen) atoms. The first-order valence-corrected chi connectivity index (χ1v) is 14.4. The number of aliphatic hydroxyl groups excluding tert-OH is 1. The molecule has 10 nitrogen and oxygen atoms in total. The monoisotopic (exact) mass is 577 g/mol. The van der Waals surface area contributed by atoms with Crippen LogP contribution >= 0.6 is 0 Å². The number of allylic oxidation sites excluding steroid dienone is 1. The highest BCUT2D eigenvalue weighted by Gasteiger charge is 2.36. The van der Waals surface area contributed by atoms with Crippen LogP contribution < -0.4 is 16.0 Å². The van der Waals surface area contributed by atoms with E-state index in [1.54, 1.807) is 12.2 Å². The van der Waals surface area contributed by atoms with Gasteiger partial charge in [-0.2, -0.15) is 0 Å². The first-order valence-electron chi connectivity index (χ1n) is 14.4. The van der Waals surface area contributed by atoms with Gasteiger partial charge >= 0.3 is 12.1 Å². The Hall–Kier alpha value is -4.18. The molecule has 0 radical (unpaired) electrons. The van der Waals surface area contributed by atoms with Gasteiger partial charge in [-0.15, -0.1) is 0 Å². The average Bonchev–Trinajstić information content (AvgIpc) is 3.47. The van der Waals surface area contributed by atoms with E-state index in [9.17, 15) is 24.3 Å². The molecule has 1 aliphatic carbocycles. The second-order valence-corrected chi connectivity index (χ2v) is 10.9. The van der Waals surface area contributed by atoms with E-state index in [4.69, 9.17) is 9.47 Å². The zero-order chi connectivity index (χ0) is 29.8. The number of nitrogens with one attached hydrogen (secondary N) is 3. The Morgan fingerprint density at radius 2 is 1.64 bits per heavy atom. The Balaban J connectivity index is 1.47. The molecule has 3 atom stereocenters. The minimum absolute atomic E-state index is 0.0493. The Bertz CT molecular complexity index is 1230. The third-order valence-electron chi connectivity index (χ3n) is 7.73. The maximum absolute atomic E-state index is 13.4. The molecule has 4 rings (SSSR count). The van der Waals surface area contributed by atoms with Gasteiger partial charge in [0.15, 0.2) is 0 Å². The topological polar surface area (TPSA) is 143 Å². The fourth-order valence-corrected chi connectivity index (χ4v) is 5.30. The second kappa shape index (κ2) is 15.2. The van der Waals surface area contributed by atoms with Gasteiger partial charge in [0.05, 0.1) is 24.1 Å². The van der Waals surface area contributed by atoms with E-state index < -0.39 is 35.6 Å². The predicted molar refractivity (Wildman–Crippen MR) is 155 cm³/mol. The van der Waals surface area contributed by atoms with Crippen LogP contribution in [0.5, 0.6) is 0 Å². The normalized spacial score (nSPS) is 22.5. The van der Waals surface area contributed by atoms with E-state index in [0.717, 1.165) is 24.0 Å². The maximum atomic E-state index is 13.4. The lowest BCUT2D eigenvalue weighted by Gasteiger charge is -2.29. The number of rotatable bonds is 8. The molecule has 4 N–H and O–H groups in total. The van der Waals surface area contributed by atoms with Gasteiger partial charge in [-0.1, -0.05) is 85.7 Å². The van der Waals surface area contributed by atoms with E-state index in [1.165, 1.54) is 0 Å². The number of benzene rings is 2. The highest BCUT2D eigenvalue weighted by molar-refractivity contribution is 5.86. The maximum Gasteiger partial charge on any atom is 0.408 e. The van der Waals surface area contributed by atoms with E-state index in [1.807, 2.05) is 60.7 Å². The van der Waals surface area contributed by atoms with Crippen molar-refractivity contribution in [3.05, 3.63) is 83.9 Å². The van der Waals surface area contributed by atoms with Gasteiger partial charge < -0.3 is 30.5 Å². The Morgan fingerprint density at radius 1 is 0.976 bits per heavy atom. The average molecular weight is 578 g/mol. The second-order valence-electron chi connectivity index (χ2n) is 10.9. The standard InChI is InChI=1S/C32H39N3O7/c36-22-32(17-9-10-18-32)35-28(37)19-25-15-7-8-16-26(34-31(40)42-20-23-11-3-1-4-12-23)30(39)41-21-27(33-29(25)38)24-13-5-2-6-14-24/h1-8,11-14,25-27,36H,9-10,15-22H2,(H,33,38)(H,34,40)(H,35,37)/t25-,26-,27+/m1/s1. The third-order valence-corrected chi connectivity index (χ3v) is 7.73. The summed E-state index contributed by atoms with van der Waals surface area (Å²) < 4.78 is 10.9. The van der Waals surface area contributed by atoms with Gasteiger partial charge in [0.1, 0.15) is 19.3 Å². The summed E-state index contributed by atoms with van der Waals surface area (Å²) in [4.78, 5) is 52.0. The molecule has 2 aromatic rings. The van der Waals surface area contributed by atoms with Gasteiger partial charge in [-0.3, -0.25) is 9.59 Å². The number of aliphatic hydroxyl groups is 1. The van der Waals surface area contributed by atoms with Crippen molar-refractivity contribution < 1.29 is 33.8 Å². The molecule has 3 amide bonds. The van der Waals surface area contributed by atoms with Crippen LogP contribution in [0.4, 0.5) is 4.79 Å². The Kier molecular flexibility index (Phi) is 11.1. The van der Waals surface area contributed by atoms with Gasteiger partial charge in [0.2, 0.25) is 11.8 Å². The minimum Gasteiger partial charge on any atom is -0.462 e. The van der Waals surface area contributed by atoms with Crippen LogP contribution in [0.3, 0.4) is 0 Å². The number of carbonyl (C=O) groups is 4. The van der Waals surface area contributed by atoms with Crippen LogP contribution in [-0.2, 0) is 30.5 Å². The van der Waals surface area contributed by atoms with E-state index >= 15 is 0 Å².